The first-order valence-corrected chi connectivity index (χ1v) is 9.07. The van der Waals surface area contributed by atoms with Crippen LogP contribution in [0.5, 0.6) is 5.75 Å². The zero-order valence-corrected chi connectivity index (χ0v) is 15.7. The highest BCUT2D eigenvalue weighted by atomic mass is 16.6. The van der Waals surface area contributed by atoms with Crippen molar-refractivity contribution in [3.63, 3.8) is 0 Å². The van der Waals surface area contributed by atoms with Gasteiger partial charge in [-0.25, -0.2) is 5.43 Å². The van der Waals surface area contributed by atoms with E-state index < -0.39 is 32.9 Å². The molecule has 1 amide bonds. The largest absolute Gasteiger partial charge is 0.497 e. The second-order valence-electron chi connectivity index (χ2n) is 7.26. The third-order valence-corrected chi connectivity index (χ3v) is 5.40. The normalized spacial score (nSPS) is 20.1. The Bertz CT molecular complexity index is 1120. The van der Waals surface area contributed by atoms with Gasteiger partial charge in [0.15, 0.2) is 0 Å². The number of hydrogen-bond donors (Lipinski definition) is 2. The predicted octanol–water partition coefficient (Wildman–Crippen LogP) is 3.19. The van der Waals surface area contributed by atoms with Gasteiger partial charge in [-0.05, 0) is 36.1 Å². The number of benzene rings is 2. The summed E-state index contributed by atoms with van der Waals surface area (Å²) in [6, 6.07) is 9.87. The maximum atomic E-state index is 12.4. The molecule has 1 aliphatic carbocycles. The fourth-order valence-corrected chi connectivity index (χ4v) is 3.89. The van der Waals surface area contributed by atoms with Crippen molar-refractivity contribution in [3.05, 3.63) is 79.4 Å². The SMILES string of the molecule is Cc1ccc(C2CC(c3cc([N+](=O)[O-])c(O)c([N+](=O)[O-])c3)=CC3=NNC(=O)C32)cc1. The average molecular weight is 408 g/mol. The fraction of sp³-hybridized carbons (Fsp3) is 0.200. The lowest BCUT2D eigenvalue weighted by atomic mass is 9.73. The maximum absolute atomic E-state index is 12.4. The van der Waals surface area contributed by atoms with Gasteiger partial charge < -0.3 is 5.11 Å². The number of amides is 1. The molecule has 1 heterocycles. The molecule has 2 aliphatic rings. The first kappa shape index (κ1) is 19.2. The Morgan fingerprint density at radius 2 is 1.70 bits per heavy atom. The standard InChI is InChI=1S/C20H16N4O6/c1-10-2-4-11(5-3-10)14-6-12(7-15-18(14)20(26)22-21-15)13-8-16(23(27)28)19(25)17(9-13)24(29)30/h2-5,7-9,14,18,25H,6H2,1H3,(H,22,26). The topological polar surface area (TPSA) is 148 Å². The van der Waals surface area contributed by atoms with Gasteiger partial charge >= 0.3 is 11.4 Å². The molecular formula is C20H16N4O6. The molecule has 0 aromatic heterocycles. The van der Waals surface area contributed by atoms with Crippen LogP contribution < -0.4 is 5.43 Å². The van der Waals surface area contributed by atoms with Crippen LogP contribution in [0.15, 0.2) is 47.6 Å². The van der Waals surface area contributed by atoms with Crippen molar-refractivity contribution in [2.24, 2.45) is 11.0 Å². The Labute approximate surface area is 169 Å². The van der Waals surface area contributed by atoms with E-state index in [0.29, 0.717) is 17.7 Å². The highest BCUT2D eigenvalue weighted by Gasteiger charge is 2.41. The number of nitrogens with one attached hydrogen (secondary N) is 1. The molecule has 1 aliphatic heterocycles. The van der Waals surface area contributed by atoms with Crippen LogP contribution in [0.25, 0.3) is 5.57 Å². The number of phenolic OH excluding ortho intramolecular Hbond substituents is 1. The summed E-state index contributed by atoms with van der Waals surface area (Å²) in [4.78, 5) is 33.2. The molecule has 2 N–H and O–H groups in total. The number of nitrogens with zero attached hydrogens (tertiary/aromatic N) is 3. The Hall–Kier alpha value is -4.08. The minimum absolute atomic E-state index is 0.226. The van der Waals surface area contributed by atoms with Crippen LogP contribution in [0.4, 0.5) is 11.4 Å². The molecular weight excluding hydrogens is 392 g/mol. The van der Waals surface area contributed by atoms with E-state index in [1.165, 1.54) is 0 Å². The summed E-state index contributed by atoms with van der Waals surface area (Å²) in [5.74, 6) is -2.04. The number of rotatable bonds is 4. The van der Waals surface area contributed by atoms with E-state index in [4.69, 9.17) is 0 Å². The zero-order chi connectivity index (χ0) is 21.6. The number of nitro benzene ring substituents is 2. The van der Waals surface area contributed by atoms with Crippen LogP contribution in [0, 0.1) is 33.1 Å². The number of phenols is 1. The number of aromatic hydroxyl groups is 1. The first-order valence-electron chi connectivity index (χ1n) is 9.07. The van der Waals surface area contributed by atoms with Gasteiger partial charge in [0.25, 0.3) is 5.75 Å². The molecule has 10 nitrogen and oxygen atoms in total. The minimum Gasteiger partial charge on any atom is -0.497 e. The zero-order valence-electron chi connectivity index (χ0n) is 15.7. The summed E-state index contributed by atoms with van der Waals surface area (Å²) in [7, 11) is 0. The van der Waals surface area contributed by atoms with Crippen molar-refractivity contribution >= 4 is 28.6 Å². The number of hydrazone groups is 1. The van der Waals surface area contributed by atoms with Crippen LogP contribution in [0.1, 0.15) is 29.0 Å². The smallest absolute Gasteiger partial charge is 0.318 e. The second-order valence-corrected chi connectivity index (χ2v) is 7.26. The molecule has 152 valence electrons. The van der Waals surface area contributed by atoms with E-state index >= 15 is 0 Å². The molecule has 2 aromatic rings. The molecule has 0 saturated carbocycles. The Balaban J connectivity index is 1.84. The van der Waals surface area contributed by atoms with Gasteiger partial charge in [-0.2, -0.15) is 5.10 Å². The molecule has 0 bridgehead atoms. The molecule has 10 heteroatoms. The van der Waals surface area contributed by atoms with Crippen molar-refractivity contribution in [2.75, 3.05) is 0 Å². The van der Waals surface area contributed by atoms with Gasteiger partial charge in [-0.1, -0.05) is 29.8 Å². The fourth-order valence-electron chi connectivity index (χ4n) is 3.89. The maximum Gasteiger partial charge on any atom is 0.318 e. The highest BCUT2D eigenvalue weighted by molar-refractivity contribution is 6.17. The van der Waals surface area contributed by atoms with Gasteiger partial charge in [-0.15, -0.1) is 0 Å². The van der Waals surface area contributed by atoms with Crippen molar-refractivity contribution < 1.29 is 19.7 Å². The van der Waals surface area contributed by atoms with Crippen molar-refractivity contribution in [2.45, 2.75) is 19.3 Å². The van der Waals surface area contributed by atoms with Crippen molar-refractivity contribution in [3.8, 4) is 5.75 Å². The summed E-state index contributed by atoms with van der Waals surface area (Å²) in [6.45, 7) is 1.94. The number of carbonyl (C=O) groups is 1. The lowest BCUT2D eigenvalue weighted by molar-refractivity contribution is -0.396. The lowest BCUT2D eigenvalue weighted by Crippen LogP contribution is -2.31. The molecule has 0 fully saturated rings. The molecule has 2 atom stereocenters. The highest BCUT2D eigenvalue weighted by Crippen LogP contribution is 2.45. The van der Waals surface area contributed by atoms with Gasteiger partial charge in [0.2, 0.25) is 5.91 Å². The Kier molecular flexibility index (Phi) is 4.53. The summed E-state index contributed by atoms with van der Waals surface area (Å²) < 4.78 is 0. The molecule has 0 radical (unpaired) electrons. The molecule has 4 rings (SSSR count). The number of hydrogen-bond acceptors (Lipinski definition) is 7. The summed E-state index contributed by atoms with van der Waals surface area (Å²) in [6.07, 6.45) is 1.94. The quantitative estimate of drug-likeness (QED) is 0.586. The average Bonchev–Trinajstić information content (AvgIpc) is 3.08. The number of carbonyl (C=O) groups excluding carboxylic acids is 1. The molecule has 30 heavy (non-hydrogen) atoms. The lowest BCUT2D eigenvalue weighted by Gasteiger charge is -2.28. The van der Waals surface area contributed by atoms with Crippen molar-refractivity contribution in [1.29, 1.82) is 0 Å². The van der Waals surface area contributed by atoms with Gasteiger partial charge in [0, 0.05) is 18.1 Å². The molecule has 2 unspecified atom stereocenters. The van der Waals surface area contributed by atoms with Crippen molar-refractivity contribution in [1.82, 2.24) is 5.43 Å². The van der Waals surface area contributed by atoms with Crippen LogP contribution in [-0.2, 0) is 4.79 Å². The predicted molar refractivity (Wildman–Crippen MR) is 107 cm³/mol. The van der Waals surface area contributed by atoms with Gasteiger partial charge in [-0.3, -0.25) is 25.0 Å². The second kappa shape index (κ2) is 7.07. The molecule has 0 saturated heterocycles. The summed E-state index contributed by atoms with van der Waals surface area (Å²) in [5.41, 5.74) is 4.15. The summed E-state index contributed by atoms with van der Waals surface area (Å²) in [5, 5.41) is 36.6. The van der Waals surface area contributed by atoms with Crippen LogP contribution in [-0.4, -0.2) is 26.6 Å². The Morgan fingerprint density at radius 1 is 1.10 bits per heavy atom. The van der Waals surface area contributed by atoms with Gasteiger partial charge in [0.05, 0.1) is 21.5 Å². The molecule has 2 aromatic carbocycles. The monoisotopic (exact) mass is 408 g/mol. The number of allylic oxidation sites excluding steroid dienone is 2. The van der Waals surface area contributed by atoms with E-state index in [-0.39, 0.29) is 17.4 Å². The van der Waals surface area contributed by atoms with Crippen LogP contribution in [0.3, 0.4) is 0 Å². The van der Waals surface area contributed by atoms with E-state index in [2.05, 4.69) is 10.5 Å². The Morgan fingerprint density at radius 3 is 2.27 bits per heavy atom. The first-order chi connectivity index (χ1) is 14.3. The van der Waals surface area contributed by atoms with E-state index in [1.807, 2.05) is 31.2 Å². The molecule has 0 spiro atoms. The van der Waals surface area contributed by atoms with Crippen LogP contribution >= 0.6 is 0 Å². The van der Waals surface area contributed by atoms with Crippen LogP contribution in [0.2, 0.25) is 0 Å². The number of fused-ring (bicyclic) bond motifs is 1. The third kappa shape index (κ3) is 3.17. The number of nitro groups is 2. The van der Waals surface area contributed by atoms with Gasteiger partial charge in [0.1, 0.15) is 0 Å². The van der Waals surface area contributed by atoms with E-state index in [1.54, 1.807) is 6.08 Å². The number of aryl methyl sites for hydroxylation is 1. The third-order valence-electron chi connectivity index (χ3n) is 5.40. The summed E-state index contributed by atoms with van der Waals surface area (Å²) >= 11 is 0. The van der Waals surface area contributed by atoms with E-state index in [0.717, 1.165) is 23.3 Å². The van der Waals surface area contributed by atoms with E-state index in [9.17, 15) is 30.1 Å². The minimum atomic E-state index is -0.992.